The molecule has 0 saturated heterocycles. The molecule has 0 aliphatic rings. The Bertz CT molecular complexity index is 922. The first-order valence-corrected chi connectivity index (χ1v) is 7.68. The van der Waals surface area contributed by atoms with Gasteiger partial charge in [-0.3, -0.25) is 10.3 Å². The molecule has 0 atom stereocenters. The van der Waals surface area contributed by atoms with Crippen molar-refractivity contribution in [1.82, 2.24) is 15.1 Å². The third-order valence-corrected chi connectivity index (χ3v) is 3.40. The molecule has 140 valence electrons. The predicted octanol–water partition coefficient (Wildman–Crippen LogP) is 4.21. The quantitative estimate of drug-likeness (QED) is 0.732. The Morgan fingerprint density at radius 3 is 2.52 bits per heavy atom. The second-order valence-corrected chi connectivity index (χ2v) is 5.51. The summed E-state index contributed by atoms with van der Waals surface area (Å²) >= 11 is 0. The van der Waals surface area contributed by atoms with Gasteiger partial charge in [-0.15, -0.1) is 0 Å². The zero-order chi connectivity index (χ0) is 19.4. The summed E-state index contributed by atoms with van der Waals surface area (Å²) in [6.07, 6.45) is -3.77. The Hall–Kier alpha value is -3.43. The van der Waals surface area contributed by atoms with E-state index in [0.717, 1.165) is 11.3 Å². The van der Waals surface area contributed by atoms with E-state index >= 15 is 0 Å². The summed E-state index contributed by atoms with van der Waals surface area (Å²) in [7, 11) is 0. The summed E-state index contributed by atoms with van der Waals surface area (Å²) in [4.78, 5) is 19.2. The summed E-state index contributed by atoms with van der Waals surface area (Å²) in [5.74, 6) is -1.63. The third-order valence-electron chi connectivity index (χ3n) is 3.40. The van der Waals surface area contributed by atoms with E-state index in [1.165, 1.54) is 24.3 Å². The van der Waals surface area contributed by atoms with Crippen LogP contribution in [0.1, 0.15) is 17.1 Å². The number of ether oxygens (including phenoxy) is 1. The van der Waals surface area contributed by atoms with Gasteiger partial charge in [0, 0.05) is 28.7 Å². The van der Waals surface area contributed by atoms with Crippen LogP contribution in [-0.4, -0.2) is 21.2 Å². The molecule has 3 aromatic rings. The van der Waals surface area contributed by atoms with Gasteiger partial charge in [0.05, 0.1) is 0 Å². The number of carbonyl (C=O) groups is 1. The number of aromatic nitrogens is 3. The number of rotatable bonds is 4. The van der Waals surface area contributed by atoms with Crippen molar-refractivity contribution in [2.75, 3.05) is 5.32 Å². The van der Waals surface area contributed by atoms with Gasteiger partial charge in [0.2, 0.25) is 5.82 Å². The number of nitrogens with zero attached hydrogens (tertiary/aromatic N) is 3. The fourth-order valence-electron chi connectivity index (χ4n) is 2.05. The van der Waals surface area contributed by atoms with E-state index in [0.29, 0.717) is 11.3 Å². The van der Waals surface area contributed by atoms with Crippen LogP contribution >= 0.6 is 0 Å². The normalized spacial score (nSPS) is 11.3. The maximum atomic E-state index is 12.5. The highest BCUT2D eigenvalue weighted by molar-refractivity contribution is 5.84. The van der Waals surface area contributed by atoms with Crippen LogP contribution in [0.3, 0.4) is 0 Å². The molecule has 7 nitrogen and oxygen atoms in total. The predicted molar refractivity (Wildman–Crippen MR) is 87.5 cm³/mol. The fraction of sp³-hybridized carbons (Fsp3) is 0.176. The van der Waals surface area contributed by atoms with Gasteiger partial charge < -0.3 is 9.26 Å². The Labute approximate surface area is 151 Å². The highest BCUT2D eigenvalue weighted by Crippen LogP contribution is 2.29. The molecule has 0 bridgehead atoms. The van der Waals surface area contributed by atoms with Crippen molar-refractivity contribution in [3.8, 4) is 11.4 Å². The van der Waals surface area contributed by atoms with Crippen molar-refractivity contribution in [2.24, 2.45) is 0 Å². The molecule has 1 aromatic carbocycles. The molecular weight excluding hydrogens is 365 g/mol. The molecule has 10 heteroatoms. The molecule has 1 amide bonds. The minimum Gasteiger partial charge on any atom is -0.444 e. The average Bonchev–Trinajstić information content (AvgIpc) is 3.12. The van der Waals surface area contributed by atoms with Crippen molar-refractivity contribution in [3.63, 3.8) is 0 Å². The van der Waals surface area contributed by atoms with Crippen molar-refractivity contribution in [1.29, 1.82) is 0 Å². The highest BCUT2D eigenvalue weighted by atomic mass is 19.4. The molecule has 0 radical (unpaired) electrons. The number of benzene rings is 1. The van der Waals surface area contributed by atoms with Crippen molar-refractivity contribution >= 4 is 11.8 Å². The lowest BCUT2D eigenvalue weighted by Gasteiger charge is -2.07. The minimum absolute atomic E-state index is 0.0558. The highest BCUT2D eigenvalue weighted by Gasteiger charge is 2.38. The van der Waals surface area contributed by atoms with Gasteiger partial charge in [-0.25, -0.2) is 4.79 Å². The van der Waals surface area contributed by atoms with Gasteiger partial charge in [0.15, 0.2) is 0 Å². The summed E-state index contributed by atoms with van der Waals surface area (Å²) in [5, 5.41) is 5.79. The number of carbonyl (C=O) groups excluding carboxylic acids is 1. The smallest absolute Gasteiger partial charge is 0.444 e. The topological polar surface area (TPSA) is 90.1 Å². The first kappa shape index (κ1) is 18.4. The van der Waals surface area contributed by atoms with Crippen LogP contribution in [0, 0.1) is 6.92 Å². The standard InChI is InChI=1S/C17H13F3N4O3/c1-10-2-3-11(8-21-10)9-26-16(25)22-13-6-4-12(5-7-13)14-23-15(27-24-14)17(18,19)20/h2-8H,9H2,1H3,(H,22,25). The van der Waals surface area contributed by atoms with Gasteiger partial charge >= 0.3 is 18.2 Å². The third kappa shape index (κ3) is 4.81. The molecule has 0 fully saturated rings. The molecule has 3 rings (SSSR count). The van der Waals surface area contributed by atoms with Gasteiger partial charge in [-0.2, -0.15) is 18.2 Å². The molecule has 0 aliphatic carbocycles. The van der Waals surface area contributed by atoms with E-state index in [1.807, 2.05) is 6.92 Å². The number of halogens is 3. The summed E-state index contributed by atoms with van der Waals surface area (Å²) in [6, 6.07) is 9.46. The lowest BCUT2D eigenvalue weighted by atomic mass is 10.2. The summed E-state index contributed by atoms with van der Waals surface area (Å²) in [5.41, 5.74) is 2.29. The number of hydrogen-bond acceptors (Lipinski definition) is 6. The van der Waals surface area contributed by atoms with Crippen molar-refractivity contribution in [2.45, 2.75) is 19.7 Å². The Morgan fingerprint density at radius 1 is 1.19 bits per heavy atom. The Morgan fingerprint density at radius 2 is 1.93 bits per heavy atom. The Kier molecular flexibility index (Phi) is 5.06. The van der Waals surface area contributed by atoms with Crippen LogP contribution in [-0.2, 0) is 17.5 Å². The minimum atomic E-state index is -4.70. The Balaban J connectivity index is 1.57. The molecule has 1 N–H and O–H groups in total. The molecule has 2 heterocycles. The monoisotopic (exact) mass is 378 g/mol. The van der Waals surface area contributed by atoms with E-state index in [1.54, 1.807) is 18.3 Å². The molecule has 2 aromatic heterocycles. The lowest BCUT2D eigenvalue weighted by molar-refractivity contribution is -0.159. The van der Waals surface area contributed by atoms with E-state index < -0.39 is 18.2 Å². The van der Waals surface area contributed by atoms with Crippen LogP contribution in [0.2, 0.25) is 0 Å². The van der Waals surface area contributed by atoms with E-state index in [4.69, 9.17) is 4.74 Å². The van der Waals surface area contributed by atoms with Crippen LogP contribution in [0.5, 0.6) is 0 Å². The van der Waals surface area contributed by atoms with Gasteiger partial charge in [-0.05, 0) is 37.3 Å². The van der Waals surface area contributed by atoms with Gasteiger partial charge in [-0.1, -0.05) is 11.2 Å². The molecular formula is C17H13F3N4O3. The molecule has 0 aliphatic heterocycles. The first-order chi connectivity index (χ1) is 12.8. The SMILES string of the molecule is Cc1ccc(COC(=O)Nc2ccc(-c3noc(C(F)(F)F)n3)cc2)cn1. The summed E-state index contributed by atoms with van der Waals surface area (Å²) in [6.45, 7) is 1.90. The number of alkyl halides is 3. The molecule has 27 heavy (non-hydrogen) atoms. The second-order valence-electron chi connectivity index (χ2n) is 5.51. The van der Waals surface area contributed by atoms with Crippen molar-refractivity contribution in [3.05, 3.63) is 59.7 Å². The average molecular weight is 378 g/mol. The number of amides is 1. The first-order valence-electron chi connectivity index (χ1n) is 7.68. The largest absolute Gasteiger partial charge is 0.471 e. The number of hydrogen-bond donors (Lipinski definition) is 1. The van der Waals surface area contributed by atoms with Gasteiger partial charge in [0.1, 0.15) is 6.61 Å². The number of aryl methyl sites for hydroxylation is 1. The van der Waals surface area contributed by atoms with Crippen molar-refractivity contribution < 1.29 is 27.2 Å². The number of anilines is 1. The van der Waals surface area contributed by atoms with Crippen LogP contribution < -0.4 is 5.32 Å². The molecule has 0 unspecified atom stereocenters. The van der Waals surface area contributed by atoms with Crippen LogP contribution in [0.4, 0.5) is 23.7 Å². The molecule has 0 saturated carbocycles. The number of nitrogens with one attached hydrogen (secondary N) is 1. The zero-order valence-corrected chi connectivity index (χ0v) is 13.9. The van der Waals surface area contributed by atoms with Gasteiger partial charge in [0.25, 0.3) is 0 Å². The van der Waals surface area contributed by atoms with E-state index in [9.17, 15) is 18.0 Å². The fourth-order valence-corrected chi connectivity index (χ4v) is 2.05. The lowest BCUT2D eigenvalue weighted by Crippen LogP contribution is -2.13. The number of pyridine rings is 1. The maximum absolute atomic E-state index is 12.5. The maximum Gasteiger partial charge on any atom is 0.471 e. The van der Waals surface area contributed by atoms with Crippen LogP contribution in [0.25, 0.3) is 11.4 Å². The summed E-state index contributed by atoms with van der Waals surface area (Å²) < 4.78 is 46.7. The van der Waals surface area contributed by atoms with Crippen LogP contribution in [0.15, 0.2) is 47.1 Å². The van der Waals surface area contributed by atoms with E-state index in [2.05, 4.69) is 25.0 Å². The second kappa shape index (κ2) is 7.44. The van der Waals surface area contributed by atoms with E-state index in [-0.39, 0.29) is 12.4 Å². The zero-order valence-electron chi connectivity index (χ0n) is 13.9. The molecule has 0 spiro atoms.